The molecule has 17 heavy (non-hydrogen) atoms. The molecule has 2 radical (unpaired) electrons. The maximum atomic E-state index is 11.8. The summed E-state index contributed by atoms with van der Waals surface area (Å²) < 4.78 is 0. The van der Waals surface area contributed by atoms with E-state index in [2.05, 4.69) is 0 Å². The summed E-state index contributed by atoms with van der Waals surface area (Å²) in [6.07, 6.45) is 0.0662. The number of rotatable bonds is 5. The summed E-state index contributed by atoms with van der Waals surface area (Å²) >= 11 is 3.32. The molecule has 0 aliphatic carbocycles. The average Bonchev–Trinajstić information content (AvgIpc) is 3.00. The largest absolute Gasteiger partial charge is 0.333 e. The summed E-state index contributed by atoms with van der Waals surface area (Å²) in [6, 6.07) is 8.07. The van der Waals surface area contributed by atoms with E-state index >= 15 is 0 Å². The minimum absolute atomic E-state index is 0.00759. The fraction of sp³-hybridized carbons (Fsp3) is 0.250. The van der Waals surface area contributed by atoms with E-state index < -0.39 is 0 Å². The highest BCUT2D eigenvalue weighted by Crippen LogP contribution is 2.17. The average molecular weight is 261 g/mol. The van der Waals surface area contributed by atoms with Crippen LogP contribution in [0.25, 0.3) is 0 Å². The van der Waals surface area contributed by atoms with Crippen LogP contribution in [-0.4, -0.2) is 18.7 Å². The highest BCUT2D eigenvalue weighted by atomic mass is 32.1. The van der Waals surface area contributed by atoms with Crippen molar-refractivity contribution in [2.75, 3.05) is 0 Å². The molecule has 0 fully saturated rings. The van der Waals surface area contributed by atoms with Crippen LogP contribution in [0.2, 0.25) is 6.32 Å². The van der Waals surface area contributed by atoms with Gasteiger partial charge in [0.05, 0.1) is 20.9 Å². The molecule has 0 saturated carbocycles. The van der Waals surface area contributed by atoms with E-state index in [1.807, 2.05) is 35.0 Å². The topological polar surface area (TPSA) is 20.3 Å². The predicted molar refractivity (Wildman–Crippen MR) is 73.5 cm³/mol. The monoisotopic (exact) mass is 261 g/mol. The Hall–Kier alpha value is -1.07. The molecular formula is C12H12BNOS2. The van der Waals surface area contributed by atoms with Gasteiger partial charge in [0.25, 0.3) is 0 Å². The van der Waals surface area contributed by atoms with Gasteiger partial charge in [0.2, 0.25) is 5.91 Å². The third-order valence-electron chi connectivity index (χ3n) is 2.38. The van der Waals surface area contributed by atoms with E-state index in [1.54, 1.807) is 27.6 Å². The molecule has 0 aliphatic heterocycles. The zero-order valence-electron chi connectivity index (χ0n) is 9.33. The molecule has 0 aromatic carbocycles. The standard InChI is InChI=1S/C12H12BNOS2/c13-7-12(15)14(8-10-3-1-5-16-10)9-11-4-2-6-17-11/h1-6H,7-9H2. The lowest BCUT2D eigenvalue weighted by Gasteiger charge is -2.21. The molecule has 0 N–H and O–H groups in total. The first-order chi connectivity index (χ1) is 8.29. The van der Waals surface area contributed by atoms with Gasteiger partial charge in [0.1, 0.15) is 0 Å². The van der Waals surface area contributed by atoms with Gasteiger partial charge in [-0.3, -0.25) is 4.79 Å². The summed E-state index contributed by atoms with van der Waals surface area (Å²) in [7, 11) is 5.45. The van der Waals surface area contributed by atoms with Crippen LogP contribution in [0, 0.1) is 0 Å². The van der Waals surface area contributed by atoms with Crippen LogP contribution in [0.1, 0.15) is 9.75 Å². The van der Waals surface area contributed by atoms with Crippen LogP contribution in [0.5, 0.6) is 0 Å². The van der Waals surface area contributed by atoms with Crippen molar-refractivity contribution in [1.29, 1.82) is 0 Å². The molecule has 2 rings (SSSR count). The lowest BCUT2D eigenvalue weighted by atomic mass is 10.0. The third kappa shape index (κ3) is 3.44. The summed E-state index contributed by atoms with van der Waals surface area (Å²) in [5, 5.41) is 4.04. The molecule has 1 amide bonds. The zero-order valence-corrected chi connectivity index (χ0v) is 11.0. The van der Waals surface area contributed by atoms with Gasteiger partial charge in [-0.25, -0.2) is 0 Å². The van der Waals surface area contributed by atoms with Gasteiger partial charge in [0, 0.05) is 9.75 Å². The Morgan fingerprint density at radius 1 is 1.12 bits per heavy atom. The lowest BCUT2D eigenvalue weighted by Crippen LogP contribution is -2.28. The number of hydrogen-bond acceptors (Lipinski definition) is 3. The second-order valence-electron chi connectivity index (χ2n) is 3.61. The van der Waals surface area contributed by atoms with Gasteiger partial charge in [-0.2, -0.15) is 0 Å². The quantitative estimate of drug-likeness (QED) is 0.758. The second-order valence-corrected chi connectivity index (χ2v) is 5.68. The molecule has 0 aliphatic rings. The molecule has 0 unspecified atom stereocenters. The van der Waals surface area contributed by atoms with Crippen LogP contribution in [0.3, 0.4) is 0 Å². The van der Waals surface area contributed by atoms with Crippen molar-refractivity contribution < 1.29 is 4.79 Å². The van der Waals surface area contributed by atoms with Crippen LogP contribution < -0.4 is 0 Å². The Labute approximate surface area is 110 Å². The van der Waals surface area contributed by atoms with Crippen molar-refractivity contribution >= 4 is 36.4 Å². The van der Waals surface area contributed by atoms with Crippen LogP contribution in [-0.2, 0) is 17.9 Å². The molecule has 2 aromatic rings. The predicted octanol–water partition coefficient (Wildman–Crippen LogP) is 2.93. The maximum Gasteiger partial charge on any atom is 0.214 e. The van der Waals surface area contributed by atoms with Gasteiger partial charge in [-0.15, -0.1) is 22.7 Å². The van der Waals surface area contributed by atoms with Crippen molar-refractivity contribution in [3.63, 3.8) is 0 Å². The fourth-order valence-electron chi connectivity index (χ4n) is 1.54. The molecule has 0 bridgehead atoms. The number of thiophene rings is 2. The van der Waals surface area contributed by atoms with Crippen molar-refractivity contribution in [1.82, 2.24) is 4.90 Å². The number of nitrogens with zero attached hydrogens (tertiary/aromatic N) is 1. The van der Waals surface area contributed by atoms with Gasteiger partial charge in [-0.05, 0) is 29.2 Å². The molecule has 2 heterocycles. The van der Waals surface area contributed by atoms with Gasteiger partial charge in [-0.1, -0.05) is 12.1 Å². The van der Waals surface area contributed by atoms with E-state index in [1.165, 1.54) is 9.75 Å². The zero-order chi connectivity index (χ0) is 12.1. The van der Waals surface area contributed by atoms with E-state index in [4.69, 9.17) is 7.85 Å². The molecule has 0 spiro atoms. The van der Waals surface area contributed by atoms with Crippen molar-refractivity contribution in [3.8, 4) is 0 Å². The van der Waals surface area contributed by atoms with E-state index in [0.717, 1.165) is 0 Å². The van der Waals surface area contributed by atoms with Gasteiger partial charge >= 0.3 is 0 Å². The number of carbonyl (C=O) groups is 1. The lowest BCUT2D eigenvalue weighted by molar-refractivity contribution is -0.129. The highest BCUT2D eigenvalue weighted by molar-refractivity contribution is 7.10. The minimum Gasteiger partial charge on any atom is -0.333 e. The van der Waals surface area contributed by atoms with Crippen molar-refractivity contribution in [3.05, 3.63) is 44.8 Å². The maximum absolute atomic E-state index is 11.8. The molecule has 0 saturated heterocycles. The Bertz CT molecular complexity index is 417. The first kappa shape index (κ1) is 12.4. The Morgan fingerprint density at radius 3 is 2.00 bits per heavy atom. The van der Waals surface area contributed by atoms with Gasteiger partial charge < -0.3 is 4.90 Å². The molecule has 2 nitrogen and oxygen atoms in total. The first-order valence-electron chi connectivity index (χ1n) is 5.32. The molecular weight excluding hydrogens is 249 g/mol. The smallest absolute Gasteiger partial charge is 0.214 e. The van der Waals surface area contributed by atoms with Crippen LogP contribution >= 0.6 is 22.7 Å². The summed E-state index contributed by atoms with van der Waals surface area (Å²) in [5.41, 5.74) is 0. The summed E-state index contributed by atoms with van der Waals surface area (Å²) in [6.45, 7) is 1.29. The first-order valence-corrected chi connectivity index (χ1v) is 7.08. The minimum atomic E-state index is -0.00759. The highest BCUT2D eigenvalue weighted by Gasteiger charge is 2.13. The van der Waals surface area contributed by atoms with E-state index in [-0.39, 0.29) is 12.2 Å². The van der Waals surface area contributed by atoms with Crippen molar-refractivity contribution in [2.45, 2.75) is 19.4 Å². The summed E-state index contributed by atoms with van der Waals surface area (Å²) in [5.74, 6) is -0.00759. The normalized spacial score (nSPS) is 10.4. The molecule has 86 valence electrons. The molecule has 0 atom stereocenters. The Kier molecular flexibility index (Phi) is 4.39. The van der Waals surface area contributed by atoms with Crippen LogP contribution in [0.4, 0.5) is 0 Å². The number of carbonyl (C=O) groups excluding carboxylic acids is 1. The Balaban J connectivity index is 2.05. The van der Waals surface area contributed by atoms with E-state index in [9.17, 15) is 4.79 Å². The number of amides is 1. The fourth-order valence-corrected chi connectivity index (χ4v) is 2.98. The van der Waals surface area contributed by atoms with Gasteiger partial charge in [0.15, 0.2) is 0 Å². The van der Waals surface area contributed by atoms with Crippen LogP contribution in [0.15, 0.2) is 35.0 Å². The summed E-state index contributed by atoms with van der Waals surface area (Å²) in [4.78, 5) is 15.9. The molecule has 2 aromatic heterocycles. The third-order valence-corrected chi connectivity index (χ3v) is 4.10. The molecule has 5 heteroatoms. The SMILES string of the molecule is [B]CC(=O)N(Cc1cccs1)Cc1cccs1. The second kappa shape index (κ2) is 6.03. The Morgan fingerprint density at radius 2 is 1.65 bits per heavy atom. The number of hydrogen-bond donors (Lipinski definition) is 0. The van der Waals surface area contributed by atoms with E-state index in [0.29, 0.717) is 13.1 Å². The van der Waals surface area contributed by atoms with Crippen molar-refractivity contribution in [2.24, 2.45) is 0 Å².